The summed E-state index contributed by atoms with van der Waals surface area (Å²) in [5.41, 5.74) is 2.68. The van der Waals surface area contributed by atoms with Crippen LogP contribution in [0.15, 0.2) is 65.9 Å². The third kappa shape index (κ3) is 3.91. The van der Waals surface area contributed by atoms with Crippen molar-refractivity contribution in [2.24, 2.45) is 4.99 Å². The van der Waals surface area contributed by atoms with Gasteiger partial charge in [-0.2, -0.15) is 0 Å². The minimum absolute atomic E-state index is 0.0570. The van der Waals surface area contributed by atoms with Crippen LogP contribution in [0.5, 0.6) is 0 Å². The Labute approximate surface area is 232 Å². The molecule has 4 heterocycles. The number of hydrogen-bond donors (Lipinski definition) is 2. The molecule has 0 unspecified atom stereocenters. The van der Waals surface area contributed by atoms with Gasteiger partial charge in [0.25, 0.3) is 5.91 Å². The van der Waals surface area contributed by atoms with Gasteiger partial charge in [0.15, 0.2) is 0 Å². The smallest absolute Gasteiger partial charge is 0.275 e. The van der Waals surface area contributed by atoms with Crippen molar-refractivity contribution in [1.82, 2.24) is 14.9 Å². The Morgan fingerprint density at radius 1 is 0.950 bits per heavy atom. The van der Waals surface area contributed by atoms with E-state index in [2.05, 4.69) is 20.6 Å². The minimum Gasteiger partial charge on any atom is -0.310 e. The maximum Gasteiger partial charge on any atom is 0.275 e. The van der Waals surface area contributed by atoms with Gasteiger partial charge in [-0.15, -0.1) is 0 Å². The number of aromatic nitrogens is 2. The summed E-state index contributed by atoms with van der Waals surface area (Å²) in [4.78, 5) is 55.5. The fourth-order valence-electron chi connectivity index (χ4n) is 6.86. The van der Waals surface area contributed by atoms with Crippen molar-refractivity contribution in [3.63, 3.8) is 0 Å². The Bertz CT molecular complexity index is 1560. The summed E-state index contributed by atoms with van der Waals surface area (Å²) in [6.07, 6.45) is 10.1. The standard InChI is InChI=1S/C31H30N6O3/c38-25(19-37-28(39)26(20-9-4-3-5-10-20)36-31(37)12-6-1-2-7-13-31)34-24-15-21-16-30(17-22(21)18-33-24)23-11-8-14-32-27(23)35-29(30)40/h3-5,8-11,14-15,18H,1-2,6-7,12-13,16-17,19H2,(H,32,35,40)(H,33,34,38)/t30-/m0/s1. The second-order valence-corrected chi connectivity index (χ2v) is 11.3. The molecule has 202 valence electrons. The molecule has 3 aromatic rings. The number of benzene rings is 1. The Morgan fingerprint density at radius 3 is 2.52 bits per heavy atom. The number of rotatable bonds is 4. The van der Waals surface area contributed by atoms with Crippen LogP contribution in [-0.2, 0) is 32.6 Å². The van der Waals surface area contributed by atoms with Crippen molar-refractivity contribution in [3.8, 4) is 0 Å². The van der Waals surface area contributed by atoms with Gasteiger partial charge in [-0.1, -0.05) is 49.2 Å². The molecule has 2 N–H and O–H groups in total. The van der Waals surface area contributed by atoms with E-state index in [4.69, 9.17) is 4.99 Å². The molecule has 0 radical (unpaired) electrons. The lowest BCUT2D eigenvalue weighted by Gasteiger charge is -2.35. The van der Waals surface area contributed by atoms with Crippen molar-refractivity contribution >= 4 is 35.1 Å². The van der Waals surface area contributed by atoms with Crippen LogP contribution >= 0.6 is 0 Å². The fourth-order valence-corrected chi connectivity index (χ4v) is 6.86. The molecule has 9 heteroatoms. The molecule has 40 heavy (non-hydrogen) atoms. The first-order valence-electron chi connectivity index (χ1n) is 14.0. The number of anilines is 2. The molecular formula is C31H30N6O3. The number of carbonyl (C=O) groups is 3. The summed E-state index contributed by atoms with van der Waals surface area (Å²) in [6, 6.07) is 15.1. The molecule has 2 spiro atoms. The summed E-state index contributed by atoms with van der Waals surface area (Å²) in [5, 5.41) is 5.83. The van der Waals surface area contributed by atoms with Gasteiger partial charge in [0.1, 0.15) is 29.6 Å². The molecule has 0 saturated heterocycles. The van der Waals surface area contributed by atoms with E-state index in [1.165, 1.54) is 0 Å². The van der Waals surface area contributed by atoms with Gasteiger partial charge < -0.3 is 15.5 Å². The van der Waals surface area contributed by atoms with E-state index in [-0.39, 0.29) is 24.3 Å². The number of carbonyl (C=O) groups excluding carboxylic acids is 3. The first kappa shape index (κ1) is 24.6. The molecule has 7 rings (SSSR count). The van der Waals surface area contributed by atoms with Crippen LogP contribution in [0, 0.1) is 0 Å². The number of amides is 3. The average molecular weight is 535 g/mol. The first-order chi connectivity index (χ1) is 19.5. The van der Waals surface area contributed by atoms with Gasteiger partial charge in [-0.3, -0.25) is 19.4 Å². The maximum absolute atomic E-state index is 13.7. The highest BCUT2D eigenvalue weighted by Crippen LogP contribution is 2.46. The Balaban J connectivity index is 1.11. The predicted octanol–water partition coefficient (Wildman–Crippen LogP) is 3.79. The summed E-state index contributed by atoms with van der Waals surface area (Å²) in [5.74, 6) is 0.456. The van der Waals surface area contributed by atoms with Crippen LogP contribution in [0.4, 0.5) is 11.6 Å². The third-order valence-electron chi connectivity index (χ3n) is 8.85. The highest BCUT2D eigenvalue weighted by molar-refractivity contribution is 6.47. The van der Waals surface area contributed by atoms with E-state index in [9.17, 15) is 14.4 Å². The number of hydrogen-bond acceptors (Lipinski definition) is 6. The zero-order valence-corrected chi connectivity index (χ0v) is 22.2. The zero-order valence-electron chi connectivity index (χ0n) is 22.2. The van der Waals surface area contributed by atoms with Gasteiger partial charge in [-0.25, -0.2) is 9.97 Å². The van der Waals surface area contributed by atoms with E-state index in [0.717, 1.165) is 60.8 Å². The second kappa shape index (κ2) is 9.36. The van der Waals surface area contributed by atoms with Crippen LogP contribution in [0.3, 0.4) is 0 Å². The molecule has 4 aliphatic rings. The van der Waals surface area contributed by atoms with Crippen LogP contribution in [0.25, 0.3) is 0 Å². The van der Waals surface area contributed by atoms with Crippen LogP contribution in [-0.4, -0.2) is 50.5 Å². The van der Waals surface area contributed by atoms with Gasteiger partial charge in [0, 0.05) is 23.5 Å². The van der Waals surface area contributed by atoms with Crippen molar-refractivity contribution in [1.29, 1.82) is 0 Å². The molecule has 2 aliphatic heterocycles. The molecule has 2 aromatic heterocycles. The minimum atomic E-state index is -0.699. The van der Waals surface area contributed by atoms with Crippen LogP contribution in [0.1, 0.15) is 60.8 Å². The van der Waals surface area contributed by atoms with Crippen LogP contribution in [0.2, 0.25) is 0 Å². The van der Waals surface area contributed by atoms with Crippen molar-refractivity contribution in [3.05, 3.63) is 83.2 Å². The molecule has 9 nitrogen and oxygen atoms in total. The van der Waals surface area contributed by atoms with E-state index in [0.29, 0.717) is 30.2 Å². The van der Waals surface area contributed by atoms with Gasteiger partial charge in [0.05, 0.1) is 5.41 Å². The molecule has 1 aromatic carbocycles. The lowest BCUT2D eigenvalue weighted by atomic mass is 9.79. The predicted molar refractivity (Wildman–Crippen MR) is 150 cm³/mol. The quantitative estimate of drug-likeness (QED) is 0.528. The second-order valence-electron chi connectivity index (χ2n) is 11.3. The number of fused-ring (bicyclic) bond motifs is 3. The molecule has 1 saturated carbocycles. The first-order valence-corrected chi connectivity index (χ1v) is 14.0. The van der Waals surface area contributed by atoms with E-state index < -0.39 is 11.1 Å². The van der Waals surface area contributed by atoms with Crippen molar-refractivity contribution in [2.45, 2.75) is 62.4 Å². The van der Waals surface area contributed by atoms with E-state index in [1.807, 2.05) is 48.5 Å². The summed E-state index contributed by atoms with van der Waals surface area (Å²) >= 11 is 0. The molecule has 1 fully saturated rings. The molecule has 3 amide bonds. The van der Waals surface area contributed by atoms with E-state index in [1.54, 1.807) is 17.3 Å². The number of pyridine rings is 2. The van der Waals surface area contributed by atoms with Crippen molar-refractivity contribution in [2.75, 3.05) is 17.2 Å². The lowest BCUT2D eigenvalue weighted by Crippen LogP contribution is -2.50. The number of aliphatic imine (C=N–C) groups is 1. The lowest BCUT2D eigenvalue weighted by molar-refractivity contribution is -0.133. The maximum atomic E-state index is 13.7. The van der Waals surface area contributed by atoms with Gasteiger partial charge >= 0.3 is 0 Å². The molecule has 1 atom stereocenters. The topological polar surface area (TPSA) is 117 Å². The van der Waals surface area contributed by atoms with Gasteiger partial charge in [-0.05, 0) is 61.8 Å². The SMILES string of the molecule is O=C(CN1C(=O)C(c2ccccc2)=NC12CCCCCC2)Nc1cc2c(cn1)C[C@]1(C2)C(=O)Nc2ncccc21. The molecule has 0 bridgehead atoms. The molecule has 2 aliphatic carbocycles. The Kier molecular flexibility index (Phi) is 5.76. The summed E-state index contributed by atoms with van der Waals surface area (Å²) < 4.78 is 0. The zero-order chi connectivity index (χ0) is 27.3. The van der Waals surface area contributed by atoms with Crippen molar-refractivity contribution < 1.29 is 14.4 Å². The normalized spacial score (nSPS) is 22.6. The largest absolute Gasteiger partial charge is 0.310 e. The Hall–Kier alpha value is -4.40. The van der Waals surface area contributed by atoms with E-state index >= 15 is 0 Å². The number of nitrogens with zero attached hydrogens (tertiary/aromatic N) is 4. The third-order valence-corrected chi connectivity index (χ3v) is 8.85. The fraction of sp³-hybridized carbons (Fsp3) is 0.355. The highest BCUT2D eigenvalue weighted by Gasteiger charge is 2.51. The number of nitrogens with one attached hydrogen (secondary N) is 2. The van der Waals surface area contributed by atoms with Gasteiger partial charge in [0.2, 0.25) is 11.8 Å². The Morgan fingerprint density at radius 2 is 1.73 bits per heavy atom. The summed E-state index contributed by atoms with van der Waals surface area (Å²) in [7, 11) is 0. The molecular weight excluding hydrogens is 504 g/mol. The monoisotopic (exact) mass is 534 g/mol. The summed E-state index contributed by atoms with van der Waals surface area (Å²) in [6.45, 7) is -0.0944. The van der Waals surface area contributed by atoms with Crippen LogP contribution < -0.4 is 10.6 Å². The highest BCUT2D eigenvalue weighted by atomic mass is 16.2. The average Bonchev–Trinajstić information content (AvgIpc) is 3.48.